The SMILES string of the molecule is N#C/C(=C(\Cl)c1ccccc1[N+](=O)[O-])c1ccncc1. The molecule has 0 saturated carbocycles. The molecule has 0 aliphatic carbocycles. The van der Waals surface area contributed by atoms with Gasteiger partial charge in [0, 0.05) is 18.5 Å². The second kappa shape index (κ2) is 5.95. The third kappa shape index (κ3) is 2.66. The zero-order valence-corrected chi connectivity index (χ0v) is 10.9. The number of rotatable bonds is 3. The zero-order chi connectivity index (χ0) is 14.5. The van der Waals surface area contributed by atoms with Gasteiger partial charge in [0.15, 0.2) is 0 Å². The number of hydrogen-bond donors (Lipinski definition) is 0. The minimum absolute atomic E-state index is 0.0472. The van der Waals surface area contributed by atoms with Crippen molar-refractivity contribution in [2.24, 2.45) is 0 Å². The molecule has 1 aromatic carbocycles. The van der Waals surface area contributed by atoms with Gasteiger partial charge in [-0.2, -0.15) is 5.26 Å². The van der Waals surface area contributed by atoms with Crippen LogP contribution in [0.25, 0.3) is 10.6 Å². The van der Waals surface area contributed by atoms with Gasteiger partial charge in [0.2, 0.25) is 0 Å². The van der Waals surface area contributed by atoms with Crippen LogP contribution in [0.15, 0.2) is 48.8 Å². The van der Waals surface area contributed by atoms with Gasteiger partial charge in [-0.25, -0.2) is 0 Å². The van der Waals surface area contributed by atoms with Crippen molar-refractivity contribution in [2.45, 2.75) is 0 Å². The van der Waals surface area contributed by atoms with E-state index in [0.29, 0.717) is 5.56 Å². The van der Waals surface area contributed by atoms with Crippen molar-refractivity contribution in [3.05, 3.63) is 70.0 Å². The van der Waals surface area contributed by atoms with E-state index in [0.717, 1.165) is 0 Å². The first-order valence-corrected chi connectivity index (χ1v) is 5.97. The first kappa shape index (κ1) is 13.7. The van der Waals surface area contributed by atoms with Crippen molar-refractivity contribution in [2.75, 3.05) is 0 Å². The molecule has 5 nitrogen and oxygen atoms in total. The Morgan fingerprint density at radius 3 is 2.50 bits per heavy atom. The summed E-state index contributed by atoms with van der Waals surface area (Å²) in [5, 5.41) is 20.3. The Balaban J connectivity index is 2.65. The normalized spacial score (nSPS) is 11.4. The fourth-order valence-electron chi connectivity index (χ4n) is 1.71. The molecule has 0 aliphatic rings. The Morgan fingerprint density at radius 1 is 1.25 bits per heavy atom. The van der Waals surface area contributed by atoms with E-state index in [4.69, 9.17) is 11.6 Å². The van der Waals surface area contributed by atoms with Crippen LogP contribution in [-0.2, 0) is 0 Å². The highest BCUT2D eigenvalue weighted by molar-refractivity contribution is 6.53. The van der Waals surface area contributed by atoms with Crippen molar-refractivity contribution >= 4 is 27.9 Å². The summed E-state index contributed by atoms with van der Waals surface area (Å²) in [6.07, 6.45) is 3.05. The first-order chi connectivity index (χ1) is 9.65. The van der Waals surface area contributed by atoms with Gasteiger partial charge >= 0.3 is 0 Å². The fraction of sp³-hybridized carbons (Fsp3) is 0. The van der Waals surface area contributed by atoms with Gasteiger partial charge in [-0.15, -0.1) is 0 Å². The highest BCUT2D eigenvalue weighted by Crippen LogP contribution is 2.34. The van der Waals surface area contributed by atoms with E-state index < -0.39 is 4.92 Å². The standard InChI is InChI=1S/C14H8ClN3O2/c15-14(11-3-1-2-4-13(11)18(19)20)12(9-16)10-5-7-17-8-6-10/h1-8H/b14-12+. The van der Waals surface area contributed by atoms with Crippen molar-refractivity contribution in [1.29, 1.82) is 5.26 Å². The molecule has 2 aromatic rings. The molecule has 0 N–H and O–H groups in total. The molecule has 1 aromatic heterocycles. The van der Waals surface area contributed by atoms with Gasteiger partial charge in [-0.05, 0) is 23.8 Å². The average molecular weight is 286 g/mol. The lowest BCUT2D eigenvalue weighted by atomic mass is 10.0. The maximum atomic E-state index is 11.0. The molecule has 0 saturated heterocycles. The van der Waals surface area contributed by atoms with E-state index in [2.05, 4.69) is 4.98 Å². The van der Waals surface area contributed by atoms with Gasteiger partial charge in [0.05, 0.1) is 21.1 Å². The number of benzene rings is 1. The lowest BCUT2D eigenvalue weighted by molar-refractivity contribution is -0.385. The molecule has 1 heterocycles. The van der Waals surface area contributed by atoms with Crippen molar-refractivity contribution in [3.63, 3.8) is 0 Å². The molecule has 0 unspecified atom stereocenters. The fourth-order valence-corrected chi connectivity index (χ4v) is 2.02. The molecule has 98 valence electrons. The van der Waals surface area contributed by atoms with E-state index in [1.54, 1.807) is 24.3 Å². The van der Waals surface area contributed by atoms with Gasteiger partial charge < -0.3 is 0 Å². The monoisotopic (exact) mass is 285 g/mol. The van der Waals surface area contributed by atoms with Gasteiger partial charge in [0.25, 0.3) is 5.69 Å². The summed E-state index contributed by atoms with van der Waals surface area (Å²) in [4.78, 5) is 14.3. The molecule has 6 heteroatoms. The molecule has 0 bridgehead atoms. The summed E-state index contributed by atoms with van der Waals surface area (Å²) in [7, 11) is 0. The van der Waals surface area contributed by atoms with Crippen LogP contribution < -0.4 is 0 Å². The third-order valence-electron chi connectivity index (χ3n) is 2.64. The predicted octanol–water partition coefficient (Wildman–Crippen LogP) is 3.62. The van der Waals surface area contributed by atoms with Crippen LogP contribution in [0.4, 0.5) is 5.69 Å². The Morgan fingerprint density at radius 2 is 1.90 bits per heavy atom. The molecule has 0 fully saturated rings. The Kier molecular flexibility index (Phi) is 4.08. The first-order valence-electron chi connectivity index (χ1n) is 5.59. The largest absolute Gasteiger partial charge is 0.278 e. The lowest BCUT2D eigenvalue weighted by Gasteiger charge is -2.05. The van der Waals surface area contributed by atoms with Crippen LogP contribution in [0.5, 0.6) is 0 Å². The van der Waals surface area contributed by atoms with Gasteiger partial charge in [-0.3, -0.25) is 15.1 Å². The smallest absolute Gasteiger partial charge is 0.265 e. The average Bonchev–Trinajstić information content (AvgIpc) is 2.49. The molecule has 0 spiro atoms. The maximum absolute atomic E-state index is 11.0. The zero-order valence-electron chi connectivity index (χ0n) is 10.2. The second-order valence-electron chi connectivity index (χ2n) is 3.81. The van der Waals surface area contributed by atoms with E-state index in [-0.39, 0.29) is 21.9 Å². The third-order valence-corrected chi connectivity index (χ3v) is 3.03. The number of allylic oxidation sites excluding steroid dienone is 1. The van der Waals surface area contributed by atoms with Crippen LogP contribution in [0.2, 0.25) is 0 Å². The molecule has 0 aliphatic heterocycles. The molecule has 0 atom stereocenters. The molecule has 20 heavy (non-hydrogen) atoms. The number of nitrogens with zero attached hydrogens (tertiary/aromatic N) is 3. The van der Waals surface area contributed by atoms with E-state index in [1.165, 1.54) is 24.5 Å². The van der Waals surface area contributed by atoms with Crippen molar-refractivity contribution < 1.29 is 4.92 Å². The molecular weight excluding hydrogens is 278 g/mol. The molecular formula is C14H8ClN3O2. The molecule has 0 amide bonds. The predicted molar refractivity (Wildman–Crippen MR) is 75.6 cm³/mol. The number of aromatic nitrogens is 1. The highest BCUT2D eigenvalue weighted by atomic mass is 35.5. The van der Waals surface area contributed by atoms with Crippen LogP contribution in [-0.4, -0.2) is 9.91 Å². The molecule has 0 radical (unpaired) electrons. The Hall–Kier alpha value is -2.71. The van der Waals surface area contributed by atoms with E-state index >= 15 is 0 Å². The summed E-state index contributed by atoms with van der Waals surface area (Å²) in [5.74, 6) is 0. The minimum Gasteiger partial charge on any atom is -0.265 e. The topological polar surface area (TPSA) is 79.8 Å². The van der Waals surface area contributed by atoms with Crippen molar-refractivity contribution in [3.8, 4) is 6.07 Å². The number of halogens is 1. The van der Waals surface area contributed by atoms with E-state index in [9.17, 15) is 15.4 Å². The van der Waals surface area contributed by atoms with Gasteiger partial charge in [-0.1, -0.05) is 23.7 Å². The summed E-state index contributed by atoms with van der Waals surface area (Å²) >= 11 is 6.19. The number of hydrogen-bond acceptors (Lipinski definition) is 4. The van der Waals surface area contributed by atoms with Crippen LogP contribution in [0, 0.1) is 21.4 Å². The van der Waals surface area contributed by atoms with Crippen LogP contribution in [0.3, 0.4) is 0 Å². The number of nitro groups is 1. The van der Waals surface area contributed by atoms with Gasteiger partial charge in [0.1, 0.15) is 6.07 Å². The van der Waals surface area contributed by atoms with Crippen molar-refractivity contribution in [1.82, 2.24) is 4.98 Å². The Labute approximate surface area is 119 Å². The quantitative estimate of drug-likeness (QED) is 0.490. The summed E-state index contributed by atoms with van der Waals surface area (Å²) in [5.41, 5.74) is 0.806. The second-order valence-corrected chi connectivity index (χ2v) is 4.19. The number of nitro benzene ring substituents is 1. The highest BCUT2D eigenvalue weighted by Gasteiger charge is 2.18. The maximum Gasteiger partial charge on any atom is 0.278 e. The number of para-hydroxylation sites is 1. The number of nitriles is 1. The van der Waals surface area contributed by atoms with Crippen LogP contribution >= 0.6 is 11.6 Å². The Bertz CT molecular complexity index is 721. The minimum atomic E-state index is -0.529. The lowest BCUT2D eigenvalue weighted by Crippen LogP contribution is -1.94. The summed E-state index contributed by atoms with van der Waals surface area (Å²) in [6.45, 7) is 0. The van der Waals surface area contributed by atoms with E-state index in [1.807, 2.05) is 6.07 Å². The number of pyridine rings is 1. The summed E-state index contributed by atoms with van der Waals surface area (Å²) in [6, 6.07) is 11.3. The van der Waals surface area contributed by atoms with Crippen LogP contribution in [0.1, 0.15) is 11.1 Å². The summed E-state index contributed by atoms with van der Waals surface area (Å²) < 4.78 is 0. The molecule has 2 rings (SSSR count).